The van der Waals surface area contributed by atoms with Gasteiger partial charge in [0.1, 0.15) is 12.6 Å². The van der Waals surface area contributed by atoms with Crippen LogP contribution in [0, 0.1) is 17.8 Å². The summed E-state index contributed by atoms with van der Waals surface area (Å²) in [6.07, 6.45) is 7.47. The number of amides is 2. The molecule has 3 aliphatic heterocycles. The lowest BCUT2D eigenvalue weighted by Gasteiger charge is -2.42. The highest BCUT2D eigenvalue weighted by molar-refractivity contribution is 8.02. The number of likely N-dealkylation sites (tertiary alicyclic amines) is 1. The number of unbranched alkanes of at least 4 members (excludes halogenated alkanes) is 2. The number of nitrogens with zero attached hydrogens (tertiary/aromatic N) is 2. The number of fused-ring (bicyclic) bond motifs is 1. The van der Waals surface area contributed by atoms with Gasteiger partial charge in [-0.3, -0.25) is 14.4 Å². The highest BCUT2D eigenvalue weighted by atomic mass is 32.2. The molecule has 0 aromatic carbocycles. The van der Waals surface area contributed by atoms with Crippen molar-refractivity contribution >= 4 is 29.5 Å². The van der Waals surface area contributed by atoms with E-state index in [-0.39, 0.29) is 42.2 Å². The van der Waals surface area contributed by atoms with Crippen molar-refractivity contribution in [1.82, 2.24) is 9.80 Å². The summed E-state index contributed by atoms with van der Waals surface area (Å²) in [5.41, 5.74) is 0. The van der Waals surface area contributed by atoms with Crippen LogP contribution < -0.4 is 0 Å². The van der Waals surface area contributed by atoms with Gasteiger partial charge >= 0.3 is 5.97 Å². The molecule has 1 spiro atoms. The zero-order valence-corrected chi connectivity index (χ0v) is 21.6. The van der Waals surface area contributed by atoms with Gasteiger partial charge in [-0.15, -0.1) is 18.3 Å². The first-order chi connectivity index (χ1) is 16.3. The van der Waals surface area contributed by atoms with Crippen molar-refractivity contribution in [2.45, 2.75) is 75.0 Å². The predicted octanol–water partition coefficient (Wildman–Crippen LogP) is 3.03. The number of carbonyl (C=O) groups excluding carboxylic acids is 3. The lowest BCUT2D eigenvalue weighted by atomic mass is 9.66. The number of aliphatic hydroxyl groups is 1. The molecule has 0 aliphatic carbocycles. The first-order valence-corrected chi connectivity index (χ1v) is 13.5. The molecule has 0 aromatic heterocycles. The van der Waals surface area contributed by atoms with Crippen LogP contribution in [0.2, 0.25) is 0 Å². The number of ether oxygens (including phenoxy) is 1. The van der Waals surface area contributed by atoms with Crippen molar-refractivity contribution < 1.29 is 24.2 Å². The van der Waals surface area contributed by atoms with E-state index in [1.54, 1.807) is 27.6 Å². The van der Waals surface area contributed by atoms with Gasteiger partial charge < -0.3 is 19.6 Å². The summed E-state index contributed by atoms with van der Waals surface area (Å²) >= 11 is 1.63. The molecule has 190 valence electrons. The van der Waals surface area contributed by atoms with E-state index in [1.807, 2.05) is 6.92 Å². The van der Waals surface area contributed by atoms with Crippen molar-refractivity contribution in [2.75, 3.05) is 26.3 Å². The molecule has 2 amide bonds. The molecule has 3 aliphatic rings. The summed E-state index contributed by atoms with van der Waals surface area (Å²) in [5, 5.41) is 10.1. The van der Waals surface area contributed by atoms with Gasteiger partial charge in [0.2, 0.25) is 11.8 Å². The van der Waals surface area contributed by atoms with E-state index in [0.717, 1.165) is 25.7 Å². The summed E-state index contributed by atoms with van der Waals surface area (Å²) in [7, 11) is 0. The molecule has 8 heteroatoms. The Labute approximate surface area is 208 Å². The normalized spacial score (nSPS) is 32.4. The smallest absolute Gasteiger partial charge is 0.311 e. The topological polar surface area (TPSA) is 87.2 Å². The Hall–Kier alpha value is -1.80. The average Bonchev–Trinajstić information content (AvgIpc) is 3.42. The fourth-order valence-electron chi connectivity index (χ4n) is 6.22. The summed E-state index contributed by atoms with van der Waals surface area (Å²) < 4.78 is 4.71. The molecule has 34 heavy (non-hydrogen) atoms. The molecule has 3 fully saturated rings. The quantitative estimate of drug-likeness (QED) is 0.242. The third kappa shape index (κ3) is 4.32. The minimum absolute atomic E-state index is 0.0548. The Kier molecular flexibility index (Phi) is 8.90. The SMILES string of the molecule is C=CCOC(=O)[C@@H]1[C@@H]2CC(C)C3(S2)C(C(=O)N(CC=C)CCCCC)N([C@@H](CC)CO)C(=O)[C@H]13. The highest BCUT2D eigenvalue weighted by Crippen LogP contribution is 2.69. The van der Waals surface area contributed by atoms with Crippen LogP contribution in [0.25, 0.3) is 0 Å². The van der Waals surface area contributed by atoms with Crippen molar-refractivity contribution in [3.05, 3.63) is 25.3 Å². The van der Waals surface area contributed by atoms with Crippen LogP contribution >= 0.6 is 11.8 Å². The van der Waals surface area contributed by atoms with E-state index in [1.165, 1.54) is 6.08 Å². The predicted molar refractivity (Wildman–Crippen MR) is 134 cm³/mol. The van der Waals surface area contributed by atoms with E-state index in [0.29, 0.717) is 19.5 Å². The van der Waals surface area contributed by atoms with E-state index >= 15 is 0 Å². The molecular weight excluding hydrogens is 452 g/mol. The molecule has 3 rings (SSSR count). The van der Waals surface area contributed by atoms with Gasteiger partial charge in [0, 0.05) is 18.3 Å². The van der Waals surface area contributed by atoms with E-state index in [2.05, 4.69) is 27.0 Å². The number of esters is 1. The lowest BCUT2D eigenvalue weighted by molar-refractivity contribution is -0.154. The van der Waals surface area contributed by atoms with Gasteiger partial charge in [-0.05, 0) is 25.2 Å². The van der Waals surface area contributed by atoms with Crippen LogP contribution in [0.3, 0.4) is 0 Å². The molecule has 3 heterocycles. The second-order valence-corrected chi connectivity index (χ2v) is 11.3. The minimum Gasteiger partial charge on any atom is -0.461 e. The van der Waals surface area contributed by atoms with Crippen LogP contribution in [0.5, 0.6) is 0 Å². The van der Waals surface area contributed by atoms with Crippen LogP contribution in [0.1, 0.15) is 52.9 Å². The maximum Gasteiger partial charge on any atom is 0.311 e. The van der Waals surface area contributed by atoms with Gasteiger partial charge in [0.25, 0.3) is 0 Å². The first-order valence-electron chi connectivity index (χ1n) is 12.6. The van der Waals surface area contributed by atoms with Gasteiger partial charge in [-0.25, -0.2) is 0 Å². The number of carbonyl (C=O) groups is 3. The fourth-order valence-corrected chi connectivity index (χ4v) is 8.61. The standard InChI is InChI=1S/C26H40N2O5S/c1-6-10-11-13-27(12-7-2)24(31)22-26-17(5)15-19(34-26)20(25(32)33-14-8-3)21(26)23(30)28(22)18(9-4)16-29/h7-8,17-22,29H,2-3,6,9-16H2,1,4-5H3/t17?,18-,19-,20+,21-,22?,26?/m0/s1. The van der Waals surface area contributed by atoms with Gasteiger partial charge in [0.15, 0.2) is 0 Å². The van der Waals surface area contributed by atoms with Crippen molar-refractivity contribution in [3.8, 4) is 0 Å². The number of rotatable bonds is 13. The summed E-state index contributed by atoms with van der Waals surface area (Å²) in [4.78, 5) is 44.7. The van der Waals surface area contributed by atoms with Crippen LogP contribution in [0.15, 0.2) is 25.3 Å². The maximum atomic E-state index is 14.2. The molecule has 2 bridgehead atoms. The first kappa shape index (κ1) is 26.8. The monoisotopic (exact) mass is 492 g/mol. The Morgan fingerprint density at radius 1 is 1.32 bits per heavy atom. The summed E-state index contributed by atoms with van der Waals surface area (Å²) in [5.74, 6) is -1.82. The Morgan fingerprint density at radius 3 is 2.65 bits per heavy atom. The fraction of sp³-hybridized carbons (Fsp3) is 0.731. The third-order valence-electron chi connectivity index (χ3n) is 7.80. The molecule has 0 aromatic rings. The Morgan fingerprint density at radius 2 is 2.06 bits per heavy atom. The maximum absolute atomic E-state index is 14.2. The lowest BCUT2D eigenvalue weighted by Crippen LogP contribution is -2.59. The molecule has 7 nitrogen and oxygen atoms in total. The zero-order valence-electron chi connectivity index (χ0n) is 20.8. The second-order valence-electron chi connectivity index (χ2n) is 9.74. The van der Waals surface area contributed by atoms with Crippen LogP contribution in [0.4, 0.5) is 0 Å². The van der Waals surface area contributed by atoms with E-state index in [4.69, 9.17) is 4.74 Å². The Balaban J connectivity index is 2.06. The second kappa shape index (κ2) is 11.3. The van der Waals surface area contributed by atoms with Crippen molar-refractivity contribution in [3.63, 3.8) is 0 Å². The number of aliphatic hydroxyl groups excluding tert-OH is 1. The minimum atomic E-state index is -0.717. The largest absolute Gasteiger partial charge is 0.461 e. The van der Waals surface area contributed by atoms with Gasteiger partial charge in [0.05, 0.1) is 29.2 Å². The van der Waals surface area contributed by atoms with Crippen molar-refractivity contribution in [2.24, 2.45) is 17.8 Å². The van der Waals surface area contributed by atoms with Crippen LogP contribution in [-0.2, 0) is 19.1 Å². The summed E-state index contributed by atoms with van der Waals surface area (Å²) in [6.45, 7) is 14.5. The molecule has 7 atom stereocenters. The number of hydrogen-bond donors (Lipinski definition) is 1. The molecule has 0 radical (unpaired) electrons. The van der Waals surface area contributed by atoms with Crippen LogP contribution in [-0.4, -0.2) is 81.1 Å². The number of thioether (sulfide) groups is 1. The molecular formula is C26H40N2O5S. The Bertz CT molecular complexity index is 800. The molecule has 3 unspecified atom stereocenters. The third-order valence-corrected chi connectivity index (χ3v) is 9.88. The molecule has 0 saturated carbocycles. The zero-order chi connectivity index (χ0) is 25.0. The number of hydrogen-bond acceptors (Lipinski definition) is 6. The highest BCUT2D eigenvalue weighted by Gasteiger charge is 2.77. The van der Waals surface area contributed by atoms with Gasteiger partial charge in [-0.1, -0.05) is 52.3 Å². The van der Waals surface area contributed by atoms with Gasteiger partial charge in [-0.2, -0.15) is 0 Å². The van der Waals surface area contributed by atoms with E-state index < -0.39 is 28.7 Å². The molecule has 3 saturated heterocycles. The molecule has 1 N–H and O–H groups in total. The van der Waals surface area contributed by atoms with Crippen molar-refractivity contribution in [1.29, 1.82) is 0 Å². The van der Waals surface area contributed by atoms with E-state index in [9.17, 15) is 19.5 Å². The summed E-state index contributed by atoms with van der Waals surface area (Å²) in [6, 6.07) is -1.19. The average molecular weight is 493 g/mol.